The first-order valence-electron chi connectivity index (χ1n) is 37.1. The van der Waals surface area contributed by atoms with E-state index in [-0.39, 0.29) is 174 Å². The maximum Gasteiger partial charge on any atom is 0.320 e. The molecule has 0 spiro atoms. The fourth-order valence-corrected chi connectivity index (χ4v) is 13.3. The number of para-hydroxylation sites is 2. The van der Waals surface area contributed by atoms with Crippen molar-refractivity contribution in [3.05, 3.63) is 83.9 Å². The van der Waals surface area contributed by atoms with Gasteiger partial charge >= 0.3 is 23.9 Å². The number of alkyl halides is 4. The van der Waals surface area contributed by atoms with Crippen molar-refractivity contribution < 1.29 is 105 Å². The Morgan fingerprint density at radius 1 is 0.526 bits per heavy atom. The molecule has 3 aliphatic heterocycles. The van der Waals surface area contributed by atoms with Crippen LogP contribution in [-0.2, 0) is 70.6 Å². The van der Waals surface area contributed by atoms with E-state index in [2.05, 4.69) is 62.8 Å². The van der Waals surface area contributed by atoms with Crippen LogP contribution in [0.3, 0.4) is 0 Å². The van der Waals surface area contributed by atoms with Gasteiger partial charge in [0.15, 0.2) is 0 Å². The van der Waals surface area contributed by atoms with Crippen LogP contribution in [0.5, 0.6) is 0 Å². The van der Waals surface area contributed by atoms with Gasteiger partial charge in [0.1, 0.15) is 29.9 Å². The van der Waals surface area contributed by atoms with Gasteiger partial charge in [0.2, 0.25) is 47.3 Å². The van der Waals surface area contributed by atoms with Gasteiger partial charge in [0.05, 0.1) is 104 Å². The molecule has 3 aromatic heterocycles. The highest BCUT2D eigenvalue weighted by Gasteiger charge is 2.48. The summed E-state index contributed by atoms with van der Waals surface area (Å²) in [5, 5.41) is 87.3. The highest BCUT2D eigenvalue weighted by molar-refractivity contribution is 6.12. The lowest BCUT2D eigenvalue weighted by molar-refractivity contribution is -0.145. The van der Waals surface area contributed by atoms with Crippen molar-refractivity contribution in [2.24, 2.45) is 0 Å². The third-order valence-electron chi connectivity index (χ3n) is 19.2. The van der Waals surface area contributed by atoms with Crippen molar-refractivity contribution in [3.8, 4) is 12.1 Å². The summed E-state index contributed by atoms with van der Waals surface area (Å²) in [6.07, 6.45) is 1.47. The lowest BCUT2D eigenvalue weighted by atomic mass is 10.1. The fraction of sp³-hybridized carbons (Fsp3) is 0.507. The van der Waals surface area contributed by atoms with Gasteiger partial charge in [-0.05, 0) is 56.4 Å². The Labute approximate surface area is 659 Å². The summed E-state index contributed by atoms with van der Waals surface area (Å²) in [4.78, 5) is 197. The number of pyridine rings is 2. The number of nitriles is 2. The van der Waals surface area contributed by atoms with Crippen molar-refractivity contribution in [1.29, 1.82) is 10.5 Å². The number of halogens is 4. The number of hydrogen-bond donors (Lipinski definition) is 12. The van der Waals surface area contributed by atoms with Crippen LogP contribution < -0.4 is 42.5 Å². The minimum atomic E-state index is -3.28. The number of rotatable bonds is 38. The standard InChI is InChI=1S/C73H89F4N21O18/c74-72(75)32-46(34-78)97(43-72)61(104)37-85-68(112)50-17-19-81-66-48(50)6-3-9-52(66)87-58(101)14-13-57(100)84-36-45-39-96(91-90-45)23-2-1-8-54(89-60(103)16-15-59(102)88-53-10-4-7-49-51(18-20-82-67(49)53)69(113)86-38-62(105)98-44-73(76,77)33-47(98)35-79)70(114)83-22-21-80-56(99)12-5-11-55(71(115)116)95-30-28-93(41-64(108)109)26-24-92(40-63(106)107)25-27-94(29-31-95)42-65(110)111/h3-4,6-7,9-10,17-20,39,46-47,54-55H,1-2,5,8,11-16,21-33,36-38,40-44H2,(H,80,99)(H,83,114)(H,84,100)(H,85,112)(H,86,113)(H,87,101)(H,88,102)(H,89,103)(H,106,107)(H,108,109)(H,110,111)(H,115,116)/t46-,47-,54-,55?/m0/s1. The Balaban J connectivity index is 0.825. The van der Waals surface area contributed by atoms with Crippen LogP contribution in [0.15, 0.2) is 67.1 Å². The average molecular weight is 1620 g/mol. The molecule has 622 valence electrons. The fourth-order valence-electron chi connectivity index (χ4n) is 13.3. The topological polar surface area (TPSA) is 540 Å². The number of benzene rings is 2. The summed E-state index contributed by atoms with van der Waals surface area (Å²) in [5.74, 6) is -18.3. The first-order chi connectivity index (χ1) is 55.3. The highest BCUT2D eigenvalue weighted by Crippen LogP contribution is 2.34. The number of amides is 10. The van der Waals surface area contributed by atoms with E-state index in [1.807, 2.05) is 0 Å². The zero-order valence-electron chi connectivity index (χ0n) is 62.9. The number of hydrogen-bond acceptors (Lipinski definition) is 24. The maximum atomic E-state index is 14.0. The summed E-state index contributed by atoms with van der Waals surface area (Å²) in [5.41, 5.74) is 1.00. The van der Waals surface area contributed by atoms with Crippen LogP contribution in [-0.4, -0.2) is 305 Å². The van der Waals surface area contributed by atoms with Crippen molar-refractivity contribution >= 4 is 116 Å². The number of carbonyl (C=O) groups excluding carboxylic acids is 10. The Bertz CT molecular complexity index is 4510. The third kappa shape index (κ3) is 27.4. The number of nitrogens with one attached hydrogen (secondary N) is 8. The number of nitrogens with zero attached hydrogens (tertiary/aromatic N) is 13. The third-order valence-corrected chi connectivity index (χ3v) is 19.2. The molecule has 5 aromatic rings. The molecule has 3 aliphatic rings. The zero-order valence-corrected chi connectivity index (χ0v) is 62.9. The van der Waals surface area contributed by atoms with E-state index >= 15 is 0 Å². The molecule has 8 rings (SSSR count). The van der Waals surface area contributed by atoms with Gasteiger partial charge in [-0.1, -0.05) is 29.5 Å². The number of aryl methyl sites for hydroxylation is 1. The Kier molecular flexibility index (Phi) is 32.7. The number of anilines is 2. The second-order valence-electron chi connectivity index (χ2n) is 27.8. The van der Waals surface area contributed by atoms with Gasteiger partial charge in [-0.3, -0.25) is 101 Å². The zero-order chi connectivity index (χ0) is 84.2. The number of carboxylic acid groups (broad SMARTS) is 4. The largest absolute Gasteiger partial charge is 0.480 e. The van der Waals surface area contributed by atoms with Crippen molar-refractivity contribution in [3.63, 3.8) is 0 Å². The van der Waals surface area contributed by atoms with Crippen LogP contribution in [0.2, 0.25) is 0 Å². The number of carbonyl (C=O) groups is 14. The molecule has 1 unspecified atom stereocenters. The lowest BCUT2D eigenvalue weighted by Gasteiger charge is -2.35. The summed E-state index contributed by atoms with van der Waals surface area (Å²) < 4.78 is 57.5. The summed E-state index contributed by atoms with van der Waals surface area (Å²) >= 11 is 0. The molecule has 3 saturated heterocycles. The van der Waals surface area contributed by atoms with Crippen molar-refractivity contribution in [2.75, 3.05) is 122 Å². The summed E-state index contributed by atoms with van der Waals surface area (Å²) in [6, 6.07) is 9.93. The van der Waals surface area contributed by atoms with Crippen molar-refractivity contribution in [2.45, 2.75) is 126 Å². The first kappa shape index (κ1) is 89.1. The van der Waals surface area contributed by atoms with E-state index in [4.69, 9.17) is 0 Å². The molecule has 0 saturated carbocycles. The molecule has 0 aliphatic carbocycles. The molecular weight excluding hydrogens is 1530 g/mol. The van der Waals surface area contributed by atoms with Gasteiger partial charge in [0, 0.05) is 140 Å². The number of likely N-dealkylation sites (tertiary alicyclic amines) is 2. The molecule has 116 heavy (non-hydrogen) atoms. The Morgan fingerprint density at radius 2 is 0.983 bits per heavy atom. The van der Waals surface area contributed by atoms with E-state index in [1.54, 1.807) is 37.9 Å². The SMILES string of the molecule is N#C[C@@H]1CC(F)(F)CN1C(=O)CNC(=O)c1ccnc2c(NC(=O)CCC(=O)NCc3cn(CCCC[C@H](NC(=O)CCC(=O)Nc4cccc5c(C(=O)NCC(=O)N6CC(F)(F)C[C@H]6C#N)ccnc45)C(=O)NCCNC(=O)CCCC(C(=O)O)N4CCN(CC(=O)O)CCN(CC(=O)O)CCN(CC(=O)O)CC4)nn3)cccc12. The minimum absolute atomic E-state index is 0.000269. The molecule has 4 atom stereocenters. The number of unbranched alkanes of at least 4 members (excludes halogenated alkanes) is 1. The van der Waals surface area contributed by atoms with Crippen LogP contribution in [0.25, 0.3) is 21.8 Å². The molecule has 39 nitrogen and oxygen atoms in total. The minimum Gasteiger partial charge on any atom is -0.480 e. The highest BCUT2D eigenvalue weighted by atomic mass is 19.3. The summed E-state index contributed by atoms with van der Waals surface area (Å²) in [7, 11) is 0. The average Bonchev–Trinajstić information content (AvgIpc) is 0.809. The predicted octanol–water partition coefficient (Wildman–Crippen LogP) is -0.206. The lowest BCUT2D eigenvalue weighted by Crippen LogP contribution is -2.51. The van der Waals surface area contributed by atoms with Gasteiger partial charge in [0.25, 0.3) is 23.7 Å². The molecule has 0 bridgehead atoms. The molecule has 43 heteroatoms. The number of carboxylic acids is 4. The molecule has 3 fully saturated rings. The molecule has 10 amide bonds. The molecule has 6 heterocycles. The quantitative estimate of drug-likeness (QED) is 0.0180. The van der Waals surface area contributed by atoms with E-state index in [0.29, 0.717) is 21.9 Å². The number of fused-ring (bicyclic) bond motifs is 2. The molecular formula is C73H89F4N21O18. The Hall–Kier alpha value is -12.5. The monoisotopic (exact) mass is 1620 g/mol. The van der Waals surface area contributed by atoms with E-state index in [0.717, 1.165) is 0 Å². The second-order valence-corrected chi connectivity index (χ2v) is 27.8. The van der Waals surface area contributed by atoms with E-state index < -0.39 is 184 Å². The second kappa shape index (κ2) is 42.6. The predicted molar refractivity (Wildman–Crippen MR) is 398 cm³/mol. The van der Waals surface area contributed by atoms with Crippen LogP contribution >= 0.6 is 0 Å². The van der Waals surface area contributed by atoms with Gasteiger partial charge in [-0.2, -0.15) is 10.5 Å². The molecule has 12 N–H and O–H groups in total. The van der Waals surface area contributed by atoms with Crippen molar-refractivity contribution in [1.82, 2.24) is 86.3 Å². The first-order valence-corrected chi connectivity index (χ1v) is 37.1. The Morgan fingerprint density at radius 3 is 1.46 bits per heavy atom. The van der Waals surface area contributed by atoms with Gasteiger partial charge in [-0.15, -0.1) is 5.10 Å². The van der Waals surface area contributed by atoms with E-state index in [9.17, 15) is 116 Å². The maximum absolute atomic E-state index is 14.0. The van der Waals surface area contributed by atoms with Crippen LogP contribution in [0.1, 0.15) is 103 Å². The normalized spacial score (nSPS) is 17.2. The summed E-state index contributed by atoms with van der Waals surface area (Å²) in [6.45, 7) is -4.06. The van der Waals surface area contributed by atoms with E-state index in [1.165, 1.54) is 65.6 Å². The van der Waals surface area contributed by atoms with Crippen LogP contribution in [0.4, 0.5) is 28.9 Å². The molecule has 2 aromatic carbocycles. The smallest absolute Gasteiger partial charge is 0.320 e. The number of aliphatic carboxylic acids is 4. The molecule has 0 radical (unpaired) electrons. The van der Waals surface area contributed by atoms with Gasteiger partial charge in [-0.25, -0.2) is 17.6 Å². The number of aromatic nitrogens is 5. The van der Waals surface area contributed by atoms with Gasteiger partial charge < -0.3 is 72.8 Å². The van der Waals surface area contributed by atoms with Crippen LogP contribution in [0, 0.1) is 22.7 Å².